The molecule has 2 rings (SSSR count). The van der Waals surface area contributed by atoms with Crippen LogP contribution in [-0.4, -0.2) is 23.4 Å². The van der Waals surface area contributed by atoms with Gasteiger partial charge in [0.15, 0.2) is 6.29 Å². The average Bonchev–Trinajstić information content (AvgIpc) is 2.77. The summed E-state index contributed by atoms with van der Waals surface area (Å²) in [6.07, 6.45) is 3.34. The van der Waals surface area contributed by atoms with Gasteiger partial charge < -0.3 is 5.11 Å². The summed E-state index contributed by atoms with van der Waals surface area (Å²) in [7, 11) is 0. The summed E-state index contributed by atoms with van der Waals surface area (Å²) in [4.78, 5) is 23.2. The predicted octanol–water partition coefficient (Wildman–Crippen LogP) is 1.83. The van der Waals surface area contributed by atoms with Gasteiger partial charge in [-0.2, -0.15) is 0 Å². The van der Waals surface area contributed by atoms with Crippen molar-refractivity contribution < 1.29 is 14.7 Å². The number of hydrogen-bond acceptors (Lipinski definition) is 4. The van der Waals surface area contributed by atoms with E-state index in [0.29, 0.717) is 11.3 Å². The number of nitrogens with one attached hydrogen (secondary N) is 1. The van der Waals surface area contributed by atoms with Gasteiger partial charge in [0.25, 0.3) is 0 Å². The van der Waals surface area contributed by atoms with Crippen molar-refractivity contribution in [2.24, 2.45) is 0 Å². The van der Waals surface area contributed by atoms with Crippen LogP contribution in [0.25, 0.3) is 0 Å². The largest absolute Gasteiger partial charge is 0.480 e. The molecule has 2 heterocycles. The molecule has 1 fully saturated rings. The zero-order chi connectivity index (χ0) is 11.5. The van der Waals surface area contributed by atoms with Gasteiger partial charge in [-0.1, -0.05) is 0 Å². The predicted molar refractivity (Wildman–Crippen MR) is 60.9 cm³/mol. The van der Waals surface area contributed by atoms with Gasteiger partial charge in [0.1, 0.15) is 6.04 Å². The van der Waals surface area contributed by atoms with E-state index in [-0.39, 0.29) is 6.04 Å². The lowest BCUT2D eigenvalue weighted by Crippen LogP contribution is -2.42. The molecule has 0 bridgehead atoms. The first kappa shape index (κ1) is 11.3. The summed E-state index contributed by atoms with van der Waals surface area (Å²) in [6, 6.07) is 3.30. The standard InChI is InChI=1S/C11H13NO3S/c13-6-7-4-5-10(16-7)8-2-1-3-9(12-8)11(14)15/h4-6,8-9,12H,1-3H2,(H,14,15). The van der Waals surface area contributed by atoms with Crippen molar-refractivity contribution in [3.05, 3.63) is 21.9 Å². The fraction of sp³-hybridized carbons (Fsp3) is 0.455. The molecule has 2 atom stereocenters. The van der Waals surface area contributed by atoms with E-state index >= 15 is 0 Å². The number of carboxylic acid groups (broad SMARTS) is 1. The third-order valence-corrected chi connectivity index (χ3v) is 3.92. The minimum Gasteiger partial charge on any atom is -0.480 e. The Bertz CT molecular complexity index is 402. The Kier molecular flexibility index (Phi) is 3.36. The highest BCUT2D eigenvalue weighted by molar-refractivity contribution is 7.13. The van der Waals surface area contributed by atoms with Crippen LogP contribution in [0.5, 0.6) is 0 Å². The van der Waals surface area contributed by atoms with Gasteiger partial charge in [0.05, 0.1) is 4.88 Å². The number of carbonyl (C=O) groups is 2. The monoisotopic (exact) mass is 239 g/mol. The van der Waals surface area contributed by atoms with Gasteiger partial charge in [-0.25, -0.2) is 0 Å². The lowest BCUT2D eigenvalue weighted by Gasteiger charge is -2.27. The zero-order valence-corrected chi connectivity index (χ0v) is 9.50. The van der Waals surface area contributed by atoms with Crippen LogP contribution < -0.4 is 5.32 Å². The Hall–Kier alpha value is -1.20. The maximum atomic E-state index is 10.9. The maximum absolute atomic E-state index is 10.9. The summed E-state index contributed by atoms with van der Waals surface area (Å²) in [5, 5.41) is 12.0. The molecule has 5 heteroatoms. The van der Waals surface area contributed by atoms with E-state index in [1.54, 1.807) is 6.07 Å². The average molecular weight is 239 g/mol. The molecule has 86 valence electrons. The Balaban J connectivity index is 2.09. The lowest BCUT2D eigenvalue weighted by molar-refractivity contribution is -0.140. The van der Waals surface area contributed by atoms with E-state index in [1.165, 1.54) is 11.3 Å². The van der Waals surface area contributed by atoms with Gasteiger partial charge in [-0.05, 0) is 31.4 Å². The SMILES string of the molecule is O=Cc1ccc(C2CCCC(C(=O)O)N2)s1. The third-order valence-electron chi connectivity index (χ3n) is 2.79. The van der Waals surface area contributed by atoms with Gasteiger partial charge in [0.2, 0.25) is 0 Å². The Morgan fingerprint density at radius 1 is 1.50 bits per heavy atom. The van der Waals surface area contributed by atoms with Crippen LogP contribution in [0.15, 0.2) is 12.1 Å². The fourth-order valence-corrected chi connectivity index (χ4v) is 2.89. The van der Waals surface area contributed by atoms with Crippen molar-refractivity contribution in [1.29, 1.82) is 0 Å². The number of carboxylic acids is 1. The van der Waals surface area contributed by atoms with Crippen molar-refractivity contribution in [3.8, 4) is 0 Å². The number of aldehydes is 1. The van der Waals surface area contributed by atoms with Crippen LogP contribution in [0.3, 0.4) is 0 Å². The molecule has 0 saturated carbocycles. The summed E-state index contributed by atoms with van der Waals surface area (Å²) < 4.78 is 0. The highest BCUT2D eigenvalue weighted by Crippen LogP contribution is 2.30. The highest BCUT2D eigenvalue weighted by Gasteiger charge is 2.27. The van der Waals surface area contributed by atoms with Crippen molar-refractivity contribution in [1.82, 2.24) is 5.32 Å². The van der Waals surface area contributed by atoms with Crippen LogP contribution in [0, 0.1) is 0 Å². The second kappa shape index (κ2) is 4.76. The molecular formula is C11H13NO3S. The molecule has 2 unspecified atom stereocenters. The van der Waals surface area contributed by atoms with Crippen molar-refractivity contribution in [3.63, 3.8) is 0 Å². The van der Waals surface area contributed by atoms with Gasteiger partial charge in [-0.3, -0.25) is 14.9 Å². The van der Waals surface area contributed by atoms with Crippen LogP contribution in [0.2, 0.25) is 0 Å². The van der Waals surface area contributed by atoms with Crippen LogP contribution in [0.4, 0.5) is 0 Å². The van der Waals surface area contributed by atoms with Gasteiger partial charge in [0, 0.05) is 10.9 Å². The van der Waals surface area contributed by atoms with E-state index in [9.17, 15) is 9.59 Å². The van der Waals surface area contributed by atoms with E-state index in [1.807, 2.05) is 6.07 Å². The first-order valence-electron chi connectivity index (χ1n) is 5.24. The molecule has 1 aliphatic heterocycles. The van der Waals surface area contributed by atoms with Crippen molar-refractivity contribution in [2.45, 2.75) is 31.3 Å². The van der Waals surface area contributed by atoms with Crippen molar-refractivity contribution in [2.75, 3.05) is 0 Å². The lowest BCUT2D eigenvalue weighted by atomic mass is 9.98. The number of aliphatic carboxylic acids is 1. The molecule has 1 aliphatic rings. The molecular weight excluding hydrogens is 226 g/mol. The topological polar surface area (TPSA) is 66.4 Å². The first-order valence-corrected chi connectivity index (χ1v) is 6.06. The zero-order valence-electron chi connectivity index (χ0n) is 8.68. The molecule has 2 N–H and O–H groups in total. The summed E-state index contributed by atoms with van der Waals surface area (Å²) in [5.41, 5.74) is 0. The normalized spacial score (nSPS) is 25.2. The molecule has 1 aromatic heterocycles. The fourth-order valence-electron chi connectivity index (χ4n) is 1.97. The number of carbonyl (C=O) groups excluding carboxylic acids is 1. The Morgan fingerprint density at radius 2 is 2.31 bits per heavy atom. The second-order valence-electron chi connectivity index (χ2n) is 3.90. The second-order valence-corrected chi connectivity index (χ2v) is 5.05. The number of piperidine rings is 1. The number of hydrogen-bond donors (Lipinski definition) is 2. The molecule has 0 amide bonds. The van der Waals surface area contributed by atoms with Crippen LogP contribution in [-0.2, 0) is 4.79 Å². The molecule has 0 radical (unpaired) electrons. The number of thiophene rings is 1. The molecule has 4 nitrogen and oxygen atoms in total. The van der Waals surface area contributed by atoms with Gasteiger partial charge in [-0.15, -0.1) is 11.3 Å². The molecule has 1 aromatic rings. The van der Waals surface area contributed by atoms with Crippen LogP contribution in [0.1, 0.15) is 39.9 Å². The van der Waals surface area contributed by atoms with E-state index in [4.69, 9.17) is 5.11 Å². The quantitative estimate of drug-likeness (QED) is 0.790. The summed E-state index contributed by atoms with van der Waals surface area (Å²) in [6.45, 7) is 0. The van der Waals surface area contributed by atoms with Crippen LogP contribution >= 0.6 is 11.3 Å². The minimum absolute atomic E-state index is 0.0774. The summed E-state index contributed by atoms with van der Waals surface area (Å²) in [5.74, 6) is -0.795. The Labute approximate surface area is 97.3 Å². The number of rotatable bonds is 3. The third kappa shape index (κ3) is 2.31. The Morgan fingerprint density at radius 3 is 2.94 bits per heavy atom. The smallest absolute Gasteiger partial charge is 0.320 e. The first-order chi connectivity index (χ1) is 7.70. The van der Waals surface area contributed by atoms with Crippen molar-refractivity contribution >= 4 is 23.6 Å². The maximum Gasteiger partial charge on any atom is 0.320 e. The minimum atomic E-state index is -0.795. The molecule has 0 aromatic carbocycles. The van der Waals surface area contributed by atoms with E-state index < -0.39 is 12.0 Å². The highest BCUT2D eigenvalue weighted by atomic mass is 32.1. The molecule has 1 saturated heterocycles. The van der Waals surface area contributed by atoms with E-state index in [2.05, 4.69) is 5.32 Å². The molecule has 0 aliphatic carbocycles. The summed E-state index contributed by atoms with van der Waals surface area (Å²) >= 11 is 1.43. The molecule has 16 heavy (non-hydrogen) atoms. The van der Waals surface area contributed by atoms with Gasteiger partial charge >= 0.3 is 5.97 Å². The van der Waals surface area contributed by atoms with E-state index in [0.717, 1.165) is 24.0 Å². The molecule has 0 spiro atoms.